The lowest BCUT2D eigenvalue weighted by Gasteiger charge is -2.09. The Kier molecular flexibility index (Phi) is 6.17. The van der Waals surface area contributed by atoms with Crippen LogP contribution in [0.4, 0.5) is 5.95 Å². The number of nitrogens with zero attached hydrogens (tertiary/aromatic N) is 4. The van der Waals surface area contributed by atoms with E-state index < -0.39 is 10.0 Å². The molecule has 0 bridgehead atoms. The molecule has 11 heteroatoms. The van der Waals surface area contributed by atoms with Gasteiger partial charge in [0.1, 0.15) is 23.4 Å². The molecule has 3 heterocycles. The third kappa shape index (κ3) is 4.72. The number of hydrogen-bond donors (Lipinski definition) is 2. The first-order valence-corrected chi connectivity index (χ1v) is 12.3. The maximum Gasteiger partial charge on any atom is 0.306 e. The molecular weight excluding hydrogens is 468 g/mol. The topological polar surface area (TPSA) is 124 Å². The molecule has 0 radical (unpaired) electrons. The van der Waals surface area contributed by atoms with Crippen molar-refractivity contribution in [2.45, 2.75) is 4.90 Å². The highest BCUT2D eigenvalue weighted by molar-refractivity contribution is 7.89. The van der Waals surface area contributed by atoms with Crippen LogP contribution in [0, 0.1) is 0 Å². The number of sulfonamides is 1. The Morgan fingerprint density at radius 3 is 2.57 bits per heavy atom. The second kappa shape index (κ2) is 9.57. The normalized spacial score (nSPS) is 11.6. The number of oxazole rings is 1. The van der Waals surface area contributed by atoms with Gasteiger partial charge in [-0.15, -0.1) is 0 Å². The van der Waals surface area contributed by atoms with Crippen molar-refractivity contribution in [2.75, 3.05) is 25.5 Å². The van der Waals surface area contributed by atoms with E-state index in [2.05, 4.69) is 25.0 Å². The van der Waals surface area contributed by atoms with E-state index >= 15 is 0 Å². The lowest BCUT2D eigenvalue weighted by Crippen LogP contribution is -2.29. The first-order valence-electron chi connectivity index (χ1n) is 10.8. The predicted molar refractivity (Wildman–Crippen MR) is 131 cm³/mol. The van der Waals surface area contributed by atoms with Crippen LogP contribution in [-0.4, -0.2) is 48.0 Å². The summed E-state index contributed by atoms with van der Waals surface area (Å²) in [5.74, 6) is 1.41. The van der Waals surface area contributed by atoms with Crippen LogP contribution in [0.5, 0.6) is 5.75 Å². The number of ether oxygens (including phenoxy) is 1. The van der Waals surface area contributed by atoms with Crippen molar-refractivity contribution in [3.63, 3.8) is 0 Å². The number of methoxy groups -OCH3 is 1. The number of hydrogen-bond acceptors (Lipinski definition) is 8. The summed E-state index contributed by atoms with van der Waals surface area (Å²) in [7, 11) is -2.12. The van der Waals surface area contributed by atoms with Crippen molar-refractivity contribution in [1.29, 1.82) is 0 Å². The van der Waals surface area contributed by atoms with Crippen molar-refractivity contribution in [3.8, 4) is 28.4 Å². The number of fused-ring (bicyclic) bond motifs is 1. The number of rotatable bonds is 9. The minimum Gasteiger partial charge on any atom is -0.497 e. The summed E-state index contributed by atoms with van der Waals surface area (Å²) >= 11 is 0. The Balaban J connectivity index is 1.31. The van der Waals surface area contributed by atoms with E-state index in [4.69, 9.17) is 9.15 Å². The molecule has 0 fully saturated rings. The van der Waals surface area contributed by atoms with Gasteiger partial charge in [-0.2, -0.15) is 4.98 Å². The molecule has 2 aromatic carbocycles. The van der Waals surface area contributed by atoms with Crippen LogP contribution in [0.25, 0.3) is 28.5 Å². The average Bonchev–Trinajstić information content (AvgIpc) is 3.49. The Hall–Kier alpha value is -4.22. The van der Waals surface area contributed by atoms with Gasteiger partial charge in [-0.25, -0.2) is 23.1 Å². The van der Waals surface area contributed by atoms with Gasteiger partial charge in [0, 0.05) is 31.0 Å². The van der Waals surface area contributed by atoms with Gasteiger partial charge in [0.05, 0.1) is 17.7 Å². The summed E-state index contributed by atoms with van der Waals surface area (Å²) in [6.07, 6.45) is 4.99. The molecule has 0 amide bonds. The number of imidazole rings is 1. The highest BCUT2D eigenvalue weighted by atomic mass is 32.2. The van der Waals surface area contributed by atoms with Crippen LogP contribution >= 0.6 is 0 Å². The highest BCUT2D eigenvalue weighted by Crippen LogP contribution is 2.32. The fourth-order valence-electron chi connectivity index (χ4n) is 3.60. The number of nitrogens with one attached hydrogen (secondary N) is 2. The standard InChI is InChI=1S/C24H22N6O4S/c1-33-18-7-9-19(10-8-18)35(31,32)27-14-13-26-23-25-12-11-20(28-23)22-21(17-5-3-2-4-6-17)29-24-30(22)15-16-34-24/h2-12,15-16,27H,13-14H2,1H3,(H,25,26,28). The maximum absolute atomic E-state index is 12.5. The van der Waals surface area contributed by atoms with Gasteiger partial charge in [-0.05, 0) is 30.3 Å². The largest absolute Gasteiger partial charge is 0.497 e. The number of aromatic nitrogens is 4. The zero-order valence-electron chi connectivity index (χ0n) is 18.7. The fraction of sp³-hybridized carbons (Fsp3) is 0.125. The van der Waals surface area contributed by atoms with Crippen LogP contribution in [0.3, 0.4) is 0 Å². The maximum atomic E-state index is 12.5. The fourth-order valence-corrected chi connectivity index (χ4v) is 4.63. The minimum atomic E-state index is -3.65. The molecular formula is C24H22N6O4S. The summed E-state index contributed by atoms with van der Waals surface area (Å²) in [5.41, 5.74) is 3.09. The molecule has 0 saturated heterocycles. The van der Waals surface area contributed by atoms with E-state index in [1.807, 2.05) is 34.7 Å². The van der Waals surface area contributed by atoms with Crippen LogP contribution in [-0.2, 0) is 10.0 Å². The summed E-state index contributed by atoms with van der Waals surface area (Å²) in [6, 6.07) is 17.8. The summed E-state index contributed by atoms with van der Waals surface area (Å²) in [4.78, 5) is 13.7. The molecule has 35 heavy (non-hydrogen) atoms. The zero-order valence-corrected chi connectivity index (χ0v) is 19.6. The lowest BCUT2D eigenvalue weighted by atomic mass is 10.1. The van der Waals surface area contributed by atoms with Gasteiger partial charge < -0.3 is 14.5 Å². The molecule has 0 atom stereocenters. The van der Waals surface area contributed by atoms with Gasteiger partial charge in [-0.1, -0.05) is 30.3 Å². The number of anilines is 1. The molecule has 10 nitrogen and oxygen atoms in total. The monoisotopic (exact) mass is 490 g/mol. The molecule has 0 saturated carbocycles. The van der Waals surface area contributed by atoms with Crippen molar-refractivity contribution in [2.24, 2.45) is 0 Å². The molecule has 2 N–H and O–H groups in total. The van der Waals surface area contributed by atoms with Gasteiger partial charge in [0.15, 0.2) is 0 Å². The van der Waals surface area contributed by atoms with Crippen LogP contribution in [0.15, 0.2) is 88.6 Å². The zero-order chi connectivity index (χ0) is 24.3. The van der Waals surface area contributed by atoms with E-state index in [1.54, 1.807) is 36.9 Å². The molecule has 0 spiro atoms. The molecule has 0 aliphatic carbocycles. The minimum absolute atomic E-state index is 0.149. The second-order valence-electron chi connectivity index (χ2n) is 7.50. The van der Waals surface area contributed by atoms with E-state index in [-0.39, 0.29) is 18.0 Å². The average molecular weight is 491 g/mol. The lowest BCUT2D eigenvalue weighted by molar-refractivity contribution is 0.414. The second-order valence-corrected chi connectivity index (χ2v) is 9.26. The van der Waals surface area contributed by atoms with E-state index in [9.17, 15) is 8.42 Å². The molecule has 3 aromatic heterocycles. The molecule has 5 rings (SSSR count). The molecule has 0 unspecified atom stereocenters. The Labute approximate surface area is 201 Å². The van der Waals surface area contributed by atoms with Crippen molar-refractivity contribution in [3.05, 3.63) is 79.3 Å². The number of benzene rings is 2. The Morgan fingerprint density at radius 2 is 1.80 bits per heavy atom. The summed E-state index contributed by atoms with van der Waals surface area (Å²) in [5, 5.41) is 3.07. The van der Waals surface area contributed by atoms with Gasteiger partial charge in [0.2, 0.25) is 16.0 Å². The van der Waals surface area contributed by atoms with Gasteiger partial charge in [-0.3, -0.25) is 4.40 Å². The summed E-state index contributed by atoms with van der Waals surface area (Å²) < 4.78 is 39.9. The summed E-state index contributed by atoms with van der Waals surface area (Å²) in [6.45, 7) is 0.438. The first kappa shape index (κ1) is 22.6. The highest BCUT2D eigenvalue weighted by Gasteiger charge is 2.19. The van der Waals surface area contributed by atoms with E-state index in [0.29, 0.717) is 23.2 Å². The molecule has 178 valence electrons. The Bertz CT molecular complexity index is 1550. The molecule has 5 aromatic rings. The van der Waals surface area contributed by atoms with Crippen molar-refractivity contribution in [1.82, 2.24) is 24.1 Å². The smallest absolute Gasteiger partial charge is 0.306 e. The van der Waals surface area contributed by atoms with E-state index in [0.717, 1.165) is 17.0 Å². The molecule has 0 aliphatic rings. The SMILES string of the molecule is COc1ccc(S(=O)(=O)NCCNc2nccc(-c3c(-c4ccccc4)nc4occn34)n2)cc1. The quantitative estimate of drug-likeness (QED) is 0.301. The predicted octanol–water partition coefficient (Wildman–Crippen LogP) is 3.45. The third-order valence-electron chi connectivity index (χ3n) is 5.28. The van der Waals surface area contributed by atoms with Crippen LogP contribution < -0.4 is 14.8 Å². The van der Waals surface area contributed by atoms with Gasteiger partial charge >= 0.3 is 5.84 Å². The van der Waals surface area contributed by atoms with Gasteiger partial charge in [0.25, 0.3) is 0 Å². The Morgan fingerprint density at radius 1 is 1.00 bits per heavy atom. The van der Waals surface area contributed by atoms with Crippen molar-refractivity contribution < 1.29 is 17.6 Å². The van der Waals surface area contributed by atoms with Crippen LogP contribution in [0.2, 0.25) is 0 Å². The molecule has 0 aliphatic heterocycles. The van der Waals surface area contributed by atoms with Crippen LogP contribution in [0.1, 0.15) is 0 Å². The van der Waals surface area contributed by atoms with Crippen molar-refractivity contribution >= 4 is 21.8 Å². The third-order valence-corrected chi connectivity index (χ3v) is 6.75. The van der Waals surface area contributed by atoms with E-state index in [1.165, 1.54) is 19.2 Å². The first-order chi connectivity index (χ1) is 17.0.